The van der Waals surface area contributed by atoms with Crippen molar-refractivity contribution in [3.05, 3.63) is 5.89 Å². The number of hydrogen-bond donors (Lipinski definition) is 3. The van der Waals surface area contributed by atoms with Crippen molar-refractivity contribution in [2.24, 2.45) is 0 Å². The summed E-state index contributed by atoms with van der Waals surface area (Å²) < 4.78 is 34.7. The number of nitrogens with zero attached hydrogens (tertiary/aromatic N) is 2. The Morgan fingerprint density at radius 1 is 1.32 bits per heavy atom. The van der Waals surface area contributed by atoms with Gasteiger partial charge in [0, 0.05) is 20.2 Å². The van der Waals surface area contributed by atoms with Crippen LogP contribution in [0, 0.1) is 0 Å². The fourth-order valence-electron chi connectivity index (χ4n) is 1.16. The third-order valence-electron chi connectivity index (χ3n) is 2.18. The van der Waals surface area contributed by atoms with E-state index in [-0.39, 0.29) is 18.3 Å². The van der Waals surface area contributed by atoms with Gasteiger partial charge in [-0.1, -0.05) is 5.10 Å². The first-order valence-corrected chi connectivity index (χ1v) is 7.39. The summed E-state index contributed by atoms with van der Waals surface area (Å²) in [6, 6.07) is 0.204. The third kappa shape index (κ3) is 6.47. The van der Waals surface area contributed by atoms with Gasteiger partial charge in [0.2, 0.25) is 15.9 Å². The van der Waals surface area contributed by atoms with Crippen molar-refractivity contribution in [3.8, 4) is 0 Å². The lowest BCUT2D eigenvalue weighted by Gasteiger charge is -2.02. The van der Waals surface area contributed by atoms with Crippen molar-refractivity contribution in [1.82, 2.24) is 20.2 Å². The second kappa shape index (κ2) is 8.04. The maximum atomic E-state index is 11.2. The Kier molecular flexibility index (Phi) is 6.70. The van der Waals surface area contributed by atoms with Crippen LogP contribution in [0.25, 0.3) is 0 Å². The van der Waals surface area contributed by atoms with E-state index in [1.54, 1.807) is 7.11 Å². The molecule has 0 spiro atoms. The Bertz CT molecular complexity index is 461. The molecule has 1 heterocycles. The quantitative estimate of drug-likeness (QED) is 0.459. The van der Waals surface area contributed by atoms with E-state index < -0.39 is 10.0 Å². The number of hydrogen-bond acceptors (Lipinski definition) is 8. The van der Waals surface area contributed by atoms with E-state index >= 15 is 0 Å². The highest BCUT2D eigenvalue weighted by molar-refractivity contribution is 7.89. The number of rotatable bonds is 10. The molecule has 10 heteroatoms. The van der Waals surface area contributed by atoms with Crippen LogP contribution in [0.5, 0.6) is 0 Å². The summed E-state index contributed by atoms with van der Waals surface area (Å²) in [6.45, 7) is 1.91. The molecule has 0 aliphatic heterocycles. The summed E-state index contributed by atoms with van der Waals surface area (Å²) in [5, 5.41) is 13.3. The van der Waals surface area contributed by atoms with E-state index in [1.165, 1.54) is 7.05 Å². The van der Waals surface area contributed by atoms with Crippen molar-refractivity contribution in [2.45, 2.75) is 6.54 Å². The molecule has 0 atom stereocenters. The predicted octanol–water partition coefficient (Wildman–Crippen LogP) is -1.23. The molecule has 0 amide bonds. The summed E-state index contributed by atoms with van der Waals surface area (Å²) in [5.74, 6) is 0.364. The monoisotopic (exact) mass is 293 g/mol. The van der Waals surface area contributed by atoms with Crippen molar-refractivity contribution in [3.63, 3.8) is 0 Å². The zero-order chi connectivity index (χ0) is 14.1. The largest absolute Gasteiger partial charge is 0.407 e. The third-order valence-corrected chi connectivity index (χ3v) is 3.55. The van der Waals surface area contributed by atoms with E-state index in [9.17, 15) is 8.42 Å². The molecule has 0 saturated carbocycles. The number of anilines is 1. The number of sulfonamides is 1. The lowest BCUT2D eigenvalue weighted by atomic mass is 10.6. The van der Waals surface area contributed by atoms with Crippen LogP contribution in [0.4, 0.5) is 6.01 Å². The molecule has 0 radical (unpaired) electrons. The minimum absolute atomic E-state index is 0.0622. The molecule has 0 aliphatic carbocycles. The molecule has 3 N–H and O–H groups in total. The van der Waals surface area contributed by atoms with Crippen molar-refractivity contribution in [2.75, 3.05) is 44.9 Å². The van der Waals surface area contributed by atoms with Crippen LogP contribution in [0.15, 0.2) is 4.42 Å². The van der Waals surface area contributed by atoms with Gasteiger partial charge in [-0.3, -0.25) is 0 Å². The highest BCUT2D eigenvalue weighted by Crippen LogP contribution is 2.04. The average Bonchev–Trinajstić information content (AvgIpc) is 2.82. The topological polar surface area (TPSA) is 118 Å². The van der Waals surface area contributed by atoms with Gasteiger partial charge in [-0.25, -0.2) is 13.1 Å². The fraction of sp³-hybridized carbons (Fsp3) is 0.778. The molecular formula is C9H19N5O4S. The van der Waals surface area contributed by atoms with Crippen LogP contribution in [-0.4, -0.2) is 58.2 Å². The van der Waals surface area contributed by atoms with Crippen molar-refractivity contribution >= 4 is 16.0 Å². The van der Waals surface area contributed by atoms with Crippen molar-refractivity contribution < 1.29 is 17.6 Å². The van der Waals surface area contributed by atoms with Gasteiger partial charge in [-0.15, -0.1) is 5.10 Å². The van der Waals surface area contributed by atoms with Crippen molar-refractivity contribution in [1.29, 1.82) is 0 Å². The van der Waals surface area contributed by atoms with E-state index in [1.807, 2.05) is 0 Å². The lowest BCUT2D eigenvalue weighted by Crippen LogP contribution is -2.26. The molecule has 0 bridgehead atoms. The van der Waals surface area contributed by atoms with Crippen LogP contribution in [0.1, 0.15) is 5.89 Å². The molecule has 1 aromatic rings. The molecular weight excluding hydrogens is 274 g/mol. The first-order chi connectivity index (χ1) is 9.07. The van der Waals surface area contributed by atoms with Gasteiger partial charge in [0.25, 0.3) is 0 Å². The minimum Gasteiger partial charge on any atom is -0.407 e. The van der Waals surface area contributed by atoms with Gasteiger partial charge in [-0.2, -0.15) is 0 Å². The summed E-state index contributed by atoms with van der Waals surface area (Å²) >= 11 is 0. The molecule has 0 saturated heterocycles. The maximum absolute atomic E-state index is 11.2. The zero-order valence-electron chi connectivity index (χ0n) is 11.0. The van der Waals surface area contributed by atoms with Gasteiger partial charge in [0.1, 0.15) is 0 Å². The molecule has 0 unspecified atom stereocenters. The Hall–Kier alpha value is -1.23. The van der Waals surface area contributed by atoms with Crippen LogP contribution >= 0.6 is 0 Å². The number of ether oxygens (including phenoxy) is 1. The standard InChI is InChI=1S/C9H19N5O4S/c1-10-19(15,16)6-4-12-9-14-13-8(18-9)7-11-3-5-17-2/h10-11H,3-7H2,1-2H3,(H,12,14). The smallest absolute Gasteiger partial charge is 0.315 e. The number of methoxy groups -OCH3 is 1. The lowest BCUT2D eigenvalue weighted by molar-refractivity contribution is 0.198. The molecule has 110 valence electrons. The van der Waals surface area contributed by atoms with E-state index in [4.69, 9.17) is 9.15 Å². The normalized spacial score (nSPS) is 11.7. The average molecular weight is 293 g/mol. The number of aromatic nitrogens is 2. The Morgan fingerprint density at radius 2 is 2.11 bits per heavy atom. The molecule has 1 aromatic heterocycles. The molecule has 1 rings (SSSR count). The second-order valence-electron chi connectivity index (χ2n) is 3.62. The van der Waals surface area contributed by atoms with E-state index in [2.05, 4.69) is 25.6 Å². The highest BCUT2D eigenvalue weighted by Gasteiger charge is 2.08. The van der Waals surface area contributed by atoms with Gasteiger partial charge < -0.3 is 19.8 Å². The summed E-state index contributed by atoms with van der Waals surface area (Å²) in [6.07, 6.45) is 0. The Balaban J connectivity index is 2.27. The molecule has 9 nitrogen and oxygen atoms in total. The first-order valence-electron chi connectivity index (χ1n) is 5.74. The van der Waals surface area contributed by atoms with Crippen LogP contribution in [0.2, 0.25) is 0 Å². The zero-order valence-corrected chi connectivity index (χ0v) is 11.8. The molecule has 0 aliphatic rings. The summed E-state index contributed by atoms with van der Waals surface area (Å²) in [7, 11) is -0.244. The summed E-state index contributed by atoms with van der Waals surface area (Å²) in [5.41, 5.74) is 0. The SMILES string of the molecule is CNS(=O)(=O)CCNc1nnc(CNCCOC)o1. The number of nitrogens with one attached hydrogen (secondary N) is 3. The molecule has 19 heavy (non-hydrogen) atoms. The van der Waals surface area contributed by atoms with E-state index in [0.717, 1.165) is 0 Å². The molecule has 0 aromatic carbocycles. The second-order valence-corrected chi connectivity index (χ2v) is 5.67. The van der Waals surface area contributed by atoms with Crippen LogP contribution < -0.4 is 15.4 Å². The van der Waals surface area contributed by atoms with Crippen LogP contribution in [0.3, 0.4) is 0 Å². The predicted molar refractivity (Wildman–Crippen MR) is 69.2 cm³/mol. The first kappa shape index (κ1) is 15.8. The van der Waals surface area contributed by atoms with Crippen LogP contribution in [-0.2, 0) is 21.3 Å². The van der Waals surface area contributed by atoms with Gasteiger partial charge in [0.05, 0.1) is 18.9 Å². The fourth-order valence-corrected chi connectivity index (χ4v) is 1.74. The highest BCUT2D eigenvalue weighted by atomic mass is 32.2. The summed E-state index contributed by atoms with van der Waals surface area (Å²) in [4.78, 5) is 0. The Morgan fingerprint density at radius 3 is 2.79 bits per heavy atom. The van der Waals surface area contributed by atoms with E-state index in [0.29, 0.717) is 25.6 Å². The maximum Gasteiger partial charge on any atom is 0.315 e. The van der Waals surface area contributed by atoms with Gasteiger partial charge >= 0.3 is 6.01 Å². The molecule has 0 fully saturated rings. The van der Waals surface area contributed by atoms with Gasteiger partial charge in [0.15, 0.2) is 0 Å². The van der Waals surface area contributed by atoms with Gasteiger partial charge in [-0.05, 0) is 7.05 Å². The minimum atomic E-state index is -3.23. The Labute approximate surface area is 112 Å².